The SMILES string of the molecule is CS(=O)(=O)c1cccc(C[C@H](NC(=O)c2c(Cl)cc3c(c2Cl)CCN(C(=O)C=Cc2cc(F)ccc2O)C3)C(=O)O)c1. The molecule has 0 bridgehead atoms. The number of amides is 2. The number of nitrogens with zero attached hydrogens (tertiary/aromatic N) is 1. The summed E-state index contributed by atoms with van der Waals surface area (Å²) in [6.07, 6.45) is 3.63. The molecule has 9 nitrogen and oxygen atoms in total. The van der Waals surface area contributed by atoms with E-state index in [2.05, 4.69) is 5.32 Å². The molecule has 0 radical (unpaired) electrons. The molecule has 1 aliphatic heterocycles. The second-order valence-corrected chi connectivity index (χ2v) is 12.5. The zero-order valence-electron chi connectivity index (χ0n) is 22.1. The third-order valence-electron chi connectivity index (χ3n) is 6.71. The molecule has 3 aromatic carbocycles. The number of fused-ring (bicyclic) bond motifs is 1. The molecule has 1 heterocycles. The lowest BCUT2D eigenvalue weighted by atomic mass is 9.96. The summed E-state index contributed by atoms with van der Waals surface area (Å²) in [6.45, 7) is 0.353. The number of nitrogens with one attached hydrogen (secondary N) is 1. The van der Waals surface area contributed by atoms with Gasteiger partial charge in [-0.25, -0.2) is 17.6 Å². The van der Waals surface area contributed by atoms with Gasteiger partial charge in [0.05, 0.1) is 20.5 Å². The lowest BCUT2D eigenvalue weighted by molar-refractivity contribution is -0.139. The van der Waals surface area contributed by atoms with E-state index in [0.717, 1.165) is 18.4 Å². The summed E-state index contributed by atoms with van der Waals surface area (Å²) < 4.78 is 37.2. The number of hydrogen-bond acceptors (Lipinski definition) is 6. The minimum absolute atomic E-state index is 0.0198. The Labute approximate surface area is 251 Å². The maximum absolute atomic E-state index is 13.5. The van der Waals surface area contributed by atoms with E-state index in [-0.39, 0.29) is 57.7 Å². The Morgan fingerprint density at radius 3 is 2.57 bits per heavy atom. The molecular weight excluding hydrogens is 610 g/mol. The Balaban J connectivity index is 1.51. The number of phenols is 1. The highest BCUT2D eigenvalue weighted by molar-refractivity contribution is 7.90. The van der Waals surface area contributed by atoms with Crippen LogP contribution in [0.4, 0.5) is 4.39 Å². The predicted octanol–water partition coefficient (Wildman–Crippen LogP) is 4.27. The van der Waals surface area contributed by atoms with Gasteiger partial charge in [0.15, 0.2) is 9.84 Å². The molecule has 0 spiro atoms. The van der Waals surface area contributed by atoms with Gasteiger partial charge in [0, 0.05) is 37.4 Å². The van der Waals surface area contributed by atoms with Crippen molar-refractivity contribution in [1.29, 1.82) is 0 Å². The maximum Gasteiger partial charge on any atom is 0.326 e. The van der Waals surface area contributed by atoms with E-state index in [0.29, 0.717) is 16.7 Å². The van der Waals surface area contributed by atoms with Crippen LogP contribution in [0.3, 0.4) is 0 Å². The predicted molar refractivity (Wildman–Crippen MR) is 155 cm³/mol. The number of hydrogen-bond donors (Lipinski definition) is 3. The number of halogens is 3. The van der Waals surface area contributed by atoms with E-state index in [1.165, 1.54) is 47.4 Å². The second-order valence-electron chi connectivity index (χ2n) is 9.72. The van der Waals surface area contributed by atoms with Crippen LogP contribution in [0.25, 0.3) is 6.08 Å². The summed E-state index contributed by atoms with van der Waals surface area (Å²) in [6, 6.07) is 9.23. The molecule has 1 aliphatic rings. The van der Waals surface area contributed by atoms with Gasteiger partial charge in [-0.1, -0.05) is 35.3 Å². The minimum atomic E-state index is -3.52. The molecule has 220 valence electrons. The van der Waals surface area contributed by atoms with E-state index >= 15 is 0 Å². The van der Waals surface area contributed by atoms with Gasteiger partial charge in [0.1, 0.15) is 17.6 Å². The van der Waals surface area contributed by atoms with Gasteiger partial charge < -0.3 is 20.4 Å². The number of aliphatic carboxylic acids is 1. The van der Waals surface area contributed by atoms with Crippen LogP contribution in [0.15, 0.2) is 59.5 Å². The molecule has 1 atom stereocenters. The van der Waals surface area contributed by atoms with Crippen LogP contribution in [0.5, 0.6) is 5.75 Å². The first kappa shape index (κ1) is 31.0. The number of benzene rings is 3. The molecular formula is C29H25Cl2FN2O7S. The van der Waals surface area contributed by atoms with Crippen molar-refractivity contribution in [2.45, 2.75) is 30.3 Å². The molecule has 3 N–H and O–H groups in total. The molecule has 0 aromatic heterocycles. The Morgan fingerprint density at radius 1 is 1.14 bits per heavy atom. The highest BCUT2D eigenvalue weighted by Gasteiger charge is 2.29. The van der Waals surface area contributed by atoms with Crippen molar-refractivity contribution in [1.82, 2.24) is 10.2 Å². The first-order valence-corrected chi connectivity index (χ1v) is 15.2. The highest BCUT2D eigenvalue weighted by Crippen LogP contribution is 2.35. The third-order valence-corrected chi connectivity index (χ3v) is 8.53. The molecule has 0 fully saturated rings. The number of rotatable bonds is 8. The van der Waals surface area contributed by atoms with Gasteiger partial charge in [-0.2, -0.15) is 0 Å². The average Bonchev–Trinajstić information content (AvgIpc) is 2.92. The van der Waals surface area contributed by atoms with E-state index in [9.17, 15) is 37.4 Å². The van der Waals surface area contributed by atoms with Crippen molar-refractivity contribution in [2.24, 2.45) is 0 Å². The van der Waals surface area contributed by atoms with Gasteiger partial charge in [0.2, 0.25) is 5.91 Å². The van der Waals surface area contributed by atoms with Crippen molar-refractivity contribution in [2.75, 3.05) is 12.8 Å². The number of carboxylic acids is 1. The fourth-order valence-corrected chi connectivity index (χ4v) is 6.00. The molecule has 2 amide bonds. The number of carbonyl (C=O) groups excluding carboxylic acids is 2. The van der Waals surface area contributed by atoms with Crippen molar-refractivity contribution >= 4 is 56.9 Å². The molecule has 0 unspecified atom stereocenters. The Kier molecular flexibility index (Phi) is 9.24. The van der Waals surface area contributed by atoms with Crippen molar-refractivity contribution in [3.63, 3.8) is 0 Å². The zero-order valence-corrected chi connectivity index (χ0v) is 24.4. The lowest BCUT2D eigenvalue weighted by Gasteiger charge is -2.29. The zero-order chi connectivity index (χ0) is 30.8. The Bertz CT molecular complexity index is 1730. The fourth-order valence-electron chi connectivity index (χ4n) is 4.54. The van der Waals surface area contributed by atoms with Crippen LogP contribution in [-0.2, 0) is 38.8 Å². The van der Waals surface area contributed by atoms with Crippen LogP contribution in [0.2, 0.25) is 10.0 Å². The molecule has 0 saturated carbocycles. The van der Waals surface area contributed by atoms with E-state index < -0.39 is 39.5 Å². The van der Waals surface area contributed by atoms with Gasteiger partial charge in [-0.3, -0.25) is 9.59 Å². The van der Waals surface area contributed by atoms with E-state index in [1.54, 1.807) is 6.07 Å². The number of carbonyl (C=O) groups is 3. The summed E-state index contributed by atoms with van der Waals surface area (Å²) in [4.78, 5) is 39.4. The normalized spacial score (nSPS) is 14.0. The summed E-state index contributed by atoms with van der Waals surface area (Å²) in [7, 11) is -3.52. The van der Waals surface area contributed by atoms with Crippen LogP contribution >= 0.6 is 23.2 Å². The largest absolute Gasteiger partial charge is 0.507 e. The van der Waals surface area contributed by atoms with Gasteiger partial charge in [-0.15, -0.1) is 0 Å². The number of carboxylic acid groups (broad SMARTS) is 1. The average molecular weight is 635 g/mol. The third kappa shape index (κ3) is 7.10. The molecule has 3 aromatic rings. The van der Waals surface area contributed by atoms with Crippen molar-refractivity contribution in [3.8, 4) is 5.75 Å². The van der Waals surface area contributed by atoms with Crippen LogP contribution in [-0.4, -0.2) is 60.2 Å². The summed E-state index contributed by atoms with van der Waals surface area (Å²) in [5.41, 5.74) is 1.59. The summed E-state index contributed by atoms with van der Waals surface area (Å²) >= 11 is 13.0. The molecule has 4 rings (SSSR count). The summed E-state index contributed by atoms with van der Waals surface area (Å²) in [5, 5.41) is 22.0. The van der Waals surface area contributed by atoms with E-state index in [4.69, 9.17) is 23.2 Å². The molecule has 13 heteroatoms. The van der Waals surface area contributed by atoms with Crippen LogP contribution in [0, 0.1) is 5.82 Å². The van der Waals surface area contributed by atoms with Crippen LogP contribution < -0.4 is 5.32 Å². The number of phenolic OH excluding ortho intramolecular Hbond substituents is 1. The highest BCUT2D eigenvalue weighted by atomic mass is 35.5. The lowest BCUT2D eigenvalue weighted by Crippen LogP contribution is -2.42. The van der Waals surface area contributed by atoms with Gasteiger partial charge in [-0.05, 0) is 65.6 Å². The number of aromatic hydroxyl groups is 1. The minimum Gasteiger partial charge on any atom is -0.507 e. The molecule has 0 aliphatic carbocycles. The topological polar surface area (TPSA) is 141 Å². The second kappa shape index (κ2) is 12.5. The first-order valence-electron chi connectivity index (χ1n) is 12.5. The Morgan fingerprint density at radius 2 is 1.88 bits per heavy atom. The van der Waals surface area contributed by atoms with Crippen molar-refractivity contribution < 1.29 is 37.4 Å². The summed E-state index contributed by atoms with van der Waals surface area (Å²) in [5.74, 6) is -3.31. The smallest absolute Gasteiger partial charge is 0.326 e. The van der Waals surface area contributed by atoms with Crippen molar-refractivity contribution in [3.05, 3.63) is 98.3 Å². The monoisotopic (exact) mass is 634 g/mol. The number of sulfone groups is 1. The fraction of sp³-hybridized carbons (Fsp3) is 0.207. The molecule has 0 saturated heterocycles. The maximum atomic E-state index is 13.5. The first-order chi connectivity index (χ1) is 19.7. The quantitative estimate of drug-likeness (QED) is 0.314. The van der Waals surface area contributed by atoms with Gasteiger partial charge >= 0.3 is 5.97 Å². The van der Waals surface area contributed by atoms with Gasteiger partial charge in [0.25, 0.3) is 5.91 Å². The molecule has 42 heavy (non-hydrogen) atoms. The Hall–Kier alpha value is -3.93. The standard InChI is InChI=1S/C29H25Cl2FN2O7S/c1-42(40,41)20-4-2-3-16(11-20)12-23(29(38)39)33-28(37)26-22(30)14-18-15-34(10-9-21(18)27(26)31)25(36)8-5-17-13-19(32)6-7-24(17)35/h2-8,11,13-14,23,35H,9-10,12,15H2,1H3,(H,33,37)(H,38,39)/t23-/m0/s1. The van der Waals surface area contributed by atoms with E-state index in [1.807, 2.05) is 0 Å². The van der Waals surface area contributed by atoms with Crippen LogP contribution in [0.1, 0.15) is 32.6 Å².